The van der Waals surface area contributed by atoms with Gasteiger partial charge in [-0.25, -0.2) is 19.6 Å². The van der Waals surface area contributed by atoms with Gasteiger partial charge in [0.25, 0.3) is 0 Å². The molecule has 0 radical (unpaired) electrons. The number of aliphatic imine (C=N–C) groups is 1. The Balaban J connectivity index is 0.000000215. The Labute approximate surface area is 261 Å². The van der Waals surface area contributed by atoms with Crippen molar-refractivity contribution in [1.29, 1.82) is 0 Å². The van der Waals surface area contributed by atoms with Gasteiger partial charge in [-0.1, -0.05) is 43.3 Å². The van der Waals surface area contributed by atoms with Crippen molar-refractivity contribution in [1.82, 2.24) is 20.2 Å². The summed E-state index contributed by atoms with van der Waals surface area (Å²) in [7, 11) is 0. The van der Waals surface area contributed by atoms with Crippen LogP contribution in [0, 0.1) is 39.3 Å². The molecule has 0 aliphatic rings. The molecule has 0 bridgehead atoms. The standard InChI is InChI=1S/C17H18FNS.C16H14FN3.CH4N2O/c1-4-20-17(14-8-10-15(18)11-9-14)19-16-12(2)6-5-7-13(16)3;1-11-4-3-5-12(2)15(11)20-10-18-19-16(20)13-6-8-14(17)9-7-13;2-3-1-4/h5-11H,4H2,1-3H3;3-10H,1-2H3;1H,2H2,(H,3,4). The molecule has 228 valence electrons. The maximum Gasteiger partial charge on any atom is 0.221 e. The number of halogens is 2. The van der Waals surface area contributed by atoms with E-state index < -0.39 is 0 Å². The summed E-state index contributed by atoms with van der Waals surface area (Å²) in [6.07, 6.45) is 2.09. The Morgan fingerprint density at radius 3 is 1.86 bits per heavy atom. The number of aryl methyl sites for hydroxylation is 4. The topological polar surface area (TPSA) is 98.2 Å². The molecular weight excluding hydrogens is 578 g/mol. The smallest absolute Gasteiger partial charge is 0.221 e. The molecule has 1 heterocycles. The Hall–Kier alpha value is -4.67. The number of carbonyl (C=O) groups is 1. The number of amides is 1. The van der Waals surface area contributed by atoms with Crippen molar-refractivity contribution in [3.63, 3.8) is 0 Å². The van der Waals surface area contributed by atoms with Crippen LogP contribution in [0.5, 0.6) is 0 Å². The summed E-state index contributed by atoms with van der Waals surface area (Å²) in [5, 5.41) is 9.10. The largest absolute Gasteiger partial charge is 0.297 e. The van der Waals surface area contributed by atoms with E-state index in [-0.39, 0.29) is 11.6 Å². The van der Waals surface area contributed by atoms with Crippen LogP contribution in [0.2, 0.25) is 0 Å². The van der Waals surface area contributed by atoms with E-state index in [9.17, 15) is 8.78 Å². The molecule has 5 rings (SSSR count). The van der Waals surface area contributed by atoms with Gasteiger partial charge in [-0.3, -0.25) is 14.8 Å². The van der Waals surface area contributed by atoms with E-state index in [2.05, 4.69) is 74.9 Å². The first-order chi connectivity index (χ1) is 21.2. The molecule has 0 fully saturated rings. The second-order valence-corrected chi connectivity index (χ2v) is 10.9. The number of nitrogens with two attached hydrogens (primary N) is 1. The third-order valence-corrected chi connectivity index (χ3v) is 7.31. The molecule has 10 heteroatoms. The first-order valence-electron chi connectivity index (χ1n) is 13.9. The summed E-state index contributed by atoms with van der Waals surface area (Å²) in [4.78, 5) is 13.7. The molecule has 0 saturated heterocycles. The summed E-state index contributed by atoms with van der Waals surface area (Å²) in [5.41, 5.74) is 10.2. The maximum absolute atomic E-state index is 13.0. The minimum Gasteiger partial charge on any atom is -0.297 e. The van der Waals surface area contributed by atoms with Gasteiger partial charge in [-0.05, 0) is 104 Å². The van der Waals surface area contributed by atoms with Crippen LogP contribution in [0.3, 0.4) is 0 Å². The third-order valence-electron chi connectivity index (χ3n) is 6.42. The monoisotopic (exact) mass is 614 g/mol. The lowest BCUT2D eigenvalue weighted by Gasteiger charge is -2.12. The van der Waals surface area contributed by atoms with Gasteiger partial charge in [-0.2, -0.15) is 0 Å². The number of rotatable bonds is 6. The van der Waals surface area contributed by atoms with Crippen LogP contribution < -0.4 is 11.3 Å². The number of hydrazine groups is 1. The van der Waals surface area contributed by atoms with E-state index in [0.29, 0.717) is 12.2 Å². The van der Waals surface area contributed by atoms with E-state index in [4.69, 9.17) is 9.79 Å². The fourth-order valence-corrected chi connectivity index (χ4v) is 5.11. The number of aromatic nitrogens is 3. The van der Waals surface area contributed by atoms with Crippen LogP contribution in [0.25, 0.3) is 17.1 Å². The first kappa shape index (κ1) is 33.8. The zero-order chi connectivity index (χ0) is 32.1. The van der Waals surface area contributed by atoms with Gasteiger partial charge in [-0.15, -0.1) is 22.0 Å². The lowest BCUT2D eigenvalue weighted by Crippen LogP contribution is -2.18. The van der Waals surface area contributed by atoms with Gasteiger partial charge in [0, 0.05) is 11.1 Å². The van der Waals surface area contributed by atoms with Crippen LogP contribution in [0.15, 0.2) is 96.2 Å². The summed E-state index contributed by atoms with van der Waals surface area (Å²) >= 11 is 1.68. The number of thioether (sulfide) groups is 1. The fourth-order valence-electron chi connectivity index (χ4n) is 4.37. The Morgan fingerprint density at radius 1 is 0.864 bits per heavy atom. The molecule has 0 unspecified atom stereocenters. The molecule has 0 aliphatic heterocycles. The number of nitrogens with one attached hydrogen (secondary N) is 1. The first-order valence-corrected chi connectivity index (χ1v) is 14.8. The van der Waals surface area contributed by atoms with Crippen molar-refractivity contribution < 1.29 is 13.6 Å². The maximum atomic E-state index is 13.0. The number of carbonyl (C=O) groups excluding carboxylic acids is 1. The zero-order valence-corrected chi connectivity index (χ0v) is 26.2. The molecule has 3 N–H and O–H groups in total. The quantitative estimate of drug-likeness (QED) is 0.0513. The van der Waals surface area contributed by atoms with Gasteiger partial charge in [0.1, 0.15) is 23.0 Å². The SMILES string of the molecule is CCSC(=Nc1c(C)cccc1C)c1ccc(F)cc1.Cc1cccc(C)c1-n1cnnc1-c1ccc(F)cc1.NNC=O. The van der Waals surface area contributed by atoms with Crippen LogP contribution in [-0.4, -0.2) is 32.0 Å². The second-order valence-electron chi connectivity index (χ2n) is 9.65. The number of para-hydroxylation sites is 2. The van der Waals surface area contributed by atoms with Crippen LogP contribution in [0.1, 0.15) is 34.7 Å². The molecule has 0 spiro atoms. The second kappa shape index (κ2) is 16.8. The van der Waals surface area contributed by atoms with Crippen molar-refractivity contribution in [2.75, 3.05) is 5.75 Å². The summed E-state index contributed by atoms with van der Waals surface area (Å²) in [6.45, 7) is 10.3. The van der Waals surface area contributed by atoms with E-state index in [1.165, 1.54) is 24.3 Å². The van der Waals surface area contributed by atoms with Crippen molar-refractivity contribution >= 4 is 28.9 Å². The highest BCUT2D eigenvalue weighted by molar-refractivity contribution is 8.14. The lowest BCUT2D eigenvalue weighted by molar-refractivity contribution is -0.109. The molecular formula is C34H36F2N6OS. The lowest BCUT2D eigenvalue weighted by atomic mass is 10.1. The average molecular weight is 615 g/mol. The minimum absolute atomic E-state index is 0.221. The molecule has 7 nitrogen and oxygen atoms in total. The van der Waals surface area contributed by atoms with Crippen molar-refractivity contribution in [2.45, 2.75) is 34.6 Å². The summed E-state index contributed by atoms with van der Waals surface area (Å²) in [5.74, 6) is 5.57. The Bertz CT molecular complexity index is 1650. The van der Waals surface area contributed by atoms with Crippen LogP contribution in [-0.2, 0) is 4.79 Å². The third kappa shape index (κ3) is 9.16. The minimum atomic E-state index is -0.258. The van der Waals surface area contributed by atoms with Crippen LogP contribution in [0.4, 0.5) is 14.5 Å². The molecule has 1 amide bonds. The number of hydrogen-bond donors (Lipinski definition) is 2. The zero-order valence-electron chi connectivity index (χ0n) is 25.4. The van der Waals surface area contributed by atoms with Crippen LogP contribution >= 0.6 is 11.8 Å². The van der Waals surface area contributed by atoms with Gasteiger partial charge in [0.2, 0.25) is 6.41 Å². The van der Waals surface area contributed by atoms with Crippen molar-refractivity contribution in [2.24, 2.45) is 10.8 Å². The predicted octanol–water partition coefficient (Wildman–Crippen LogP) is 7.57. The molecule has 5 aromatic rings. The number of nitrogens with zero attached hydrogens (tertiary/aromatic N) is 4. The summed E-state index contributed by atoms with van der Waals surface area (Å²) < 4.78 is 28.0. The van der Waals surface area contributed by atoms with Gasteiger partial charge >= 0.3 is 0 Å². The predicted molar refractivity (Wildman–Crippen MR) is 176 cm³/mol. The highest BCUT2D eigenvalue weighted by atomic mass is 32.2. The molecule has 0 atom stereocenters. The van der Waals surface area contributed by atoms with Crippen molar-refractivity contribution in [3.8, 4) is 17.1 Å². The van der Waals surface area contributed by atoms with Gasteiger partial charge in [0.05, 0.1) is 11.4 Å². The molecule has 4 aromatic carbocycles. The summed E-state index contributed by atoms with van der Waals surface area (Å²) in [6, 6.07) is 25.1. The van der Waals surface area contributed by atoms with E-state index in [1.807, 2.05) is 16.7 Å². The van der Waals surface area contributed by atoms with Gasteiger partial charge in [0.15, 0.2) is 5.82 Å². The van der Waals surface area contributed by atoms with E-state index >= 15 is 0 Å². The van der Waals surface area contributed by atoms with Gasteiger partial charge < -0.3 is 0 Å². The highest BCUT2D eigenvalue weighted by Crippen LogP contribution is 2.27. The van der Waals surface area contributed by atoms with E-state index in [1.54, 1.807) is 47.8 Å². The Kier molecular flexibility index (Phi) is 12.9. The van der Waals surface area contributed by atoms with Crippen molar-refractivity contribution in [3.05, 3.63) is 131 Å². The molecule has 0 saturated carbocycles. The normalized spacial score (nSPS) is 10.7. The Morgan fingerprint density at radius 2 is 1.36 bits per heavy atom. The average Bonchev–Trinajstić information content (AvgIpc) is 3.49. The van der Waals surface area contributed by atoms with E-state index in [0.717, 1.165) is 55.6 Å². The molecule has 44 heavy (non-hydrogen) atoms. The number of hydrogen-bond acceptors (Lipinski definition) is 6. The highest BCUT2D eigenvalue weighted by Gasteiger charge is 2.13. The molecule has 1 aromatic heterocycles. The number of benzene rings is 4. The molecule has 0 aliphatic carbocycles. The fraction of sp³-hybridized carbons (Fsp3) is 0.176.